The smallest absolute Gasteiger partial charge is 0.429 e. The summed E-state index contributed by atoms with van der Waals surface area (Å²) in [7, 11) is -3.95. The Kier molecular flexibility index (Phi) is 4.88. The lowest BCUT2D eigenvalue weighted by Gasteiger charge is -2.28. The summed E-state index contributed by atoms with van der Waals surface area (Å²) < 4.78 is 41.4. The van der Waals surface area contributed by atoms with Crippen LogP contribution in [0.3, 0.4) is 0 Å². The van der Waals surface area contributed by atoms with Crippen molar-refractivity contribution in [2.45, 2.75) is 56.8 Å². The van der Waals surface area contributed by atoms with E-state index in [1.54, 1.807) is 32.9 Å². The third-order valence-corrected chi connectivity index (χ3v) is 5.81. The number of fused-ring (bicyclic) bond motifs is 2. The molecule has 1 aromatic carbocycles. The molecule has 0 aliphatic heterocycles. The van der Waals surface area contributed by atoms with Crippen molar-refractivity contribution >= 4 is 16.3 Å². The van der Waals surface area contributed by atoms with Crippen LogP contribution in [-0.2, 0) is 23.8 Å². The Morgan fingerprint density at radius 3 is 2.19 bits per heavy atom. The molecule has 7 heteroatoms. The Hall–Kier alpha value is -1.86. The van der Waals surface area contributed by atoms with Gasteiger partial charge in [-0.25, -0.2) is 4.79 Å². The van der Waals surface area contributed by atoms with E-state index in [4.69, 9.17) is 13.7 Å². The van der Waals surface area contributed by atoms with Gasteiger partial charge in [0.2, 0.25) is 0 Å². The lowest BCUT2D eigenvalue weighted by Crippen LogP contribution is -2.39. The SMILES string of the molecule is Cc1ccc(S(=O)(=O)OC2C3C=CC(C3)C2OC(=O)OC(C)(C)C)cc1. The second-order valence-electron chi connectivity index (χ2n) is 7.82. The predicted octanol–water partition coefficient (Wildman–Crippen LogP) is 3.60. The van der Waals surface area contributed by atoms with Gasteiger partial charge >= 0.3 is 6.16 Å². The number of hydrogen-bond acceptors (Lipinski definition) is 6. The number of ether oxygens (including phenoxy) is 2. The highest BCUT2D eigenvalue weighted by molar-refractivity contribution is 7.86. The van der Waals surface area contributed by atoms with E-state index in [2.05, 4.69) is 0 Å². The minimum Gasteiger partial charge on any atom is -0.429 e. The molecule has 2 aliphatic rings. The summed E-state index contributed by atoms with van der Waals surface area (Å²) in [5, 5.41) is 0. The van der Waals surface area contributed by atoms with Crippen LogP contribution in [0.5, 0.6) is 0 Å². The van der Waals surface area contributed by atoms with Crippen LogP contribution in [-0.4, -0.2) is 32.4 Å². The zero-order chi connectivity index (χ0) is 19.1. The van der Waals surface area contributed by atoms with Gasteiger partial charge in [0.1, 0.15) is 17.8 Å². The fourth-order valence-corrected chi connectivity index (χ4v) is 4.43. The summed E-state index contributed by atoms with van der Waals surface area (Å²) in [6.07, 6.45) is 2.32. The molecule has 4 atom stereocenters. The minimum absolute atomic E-state index is 0.0641. The van der Waals surface area contributed by atoms with Crippen LogP contribution in [0.4, 0.5) is 4.79 Å². The third-order valence-electron chi connectivity index (χ3n) is 4.49. The van der Waals surface area contributed by atoms with E-state index in [0.717, 1.165) is 5.56 Å². The van der Waals surface area contributed by atoms with Crippen LogP contribution in [0.1, 0.15) is 32.8 Å². The number of hydrogen-bond donors (Lipinski definition) is 0. The molecule has 1 aromatic rings. The van der Waals surface area contributed by atoms with E-state index < -0.39 is 34.1 Å². The van der Waals surface area contributed by atoms with Crippen molar-refractivity contribution in [1.82, 2.24) is 0 Å². The predicted molar refractivity (Wildman–Crippen MR) is 95.1 cm³/mol. The molecule has 0 aromatic heterocycles. The third kappa shape index (κ3) is 4.10. The molecular formula is C19H24O6S. The van der Waals surface area contributed by atoms with Crippen molar-refractivity contribution in [1.29, 1.82) is 0 Å². The molecule has 0 saturated heterocycles. The highest BCUT2D eigenvalue weighted by atomic mass is 32.2. The number of rotatable bonds is 4. The van der Waals surface area contributed by atoms with Gasteiger partial charge in [0.15, 0.2) is 0 Å². The topological polar surface area (TPSA) is 78.9 Å². The zero-order valence-electron chi connectivity index (χ0n) is 15.3. The van der Waals surface area contributed by atoms with Crippen molar-refractivity contribution in [3.63, 3.8) is 0 Å². The summed E-state index contributed by atoms with van der Waals surface area (Å²) in [5.74, 6) is -0.168. The van der Waals surface area contributed by atoms with Gasteiger partial charge in [0.25, 0.3) is 10.1 Å². The van der Waals surface area contributed by atoms with E-state index in [1.807, 2.05) is 19.1 Å². The van der Waals surface area contributed by atoms with E-state index in [-0.39, 0.29) is 16.7 Å². The monoisotopic (exact) mass is 380 g/mol. The lowest BCUT2D eigenvalue weighted by atomic mass is 10.0. The molecule has 4 unspecified atom stereocenters. The van der Waals surface area contributed by atoms with E-state index >= 15 is 0 Å². The zero-order valence-corrected chi connectivity index (χ0v) is 16.2. The average molecular weight is 380 g/mol. The average Bonchev–Trinajstić information content (AvgIpc) is 3.08. The largest absolute Gasteiger partial charge is 0.509 e. The molecule has 26 heavy (non-hydrogen) atoms. The molecule has 2 aliphatic carbocycles. The van der Waals surface area contributed by atoms with Crippen molar-refractivity contribution in [3.8, 4) is 0 Å². The fourth-order valence-electron chi connectivity index (χ4n) is 3.30. The van der Waals surface area contributed by atoms with Crippen LogP contribution in [0, 0.1) is 18.8 Å². The van der Waals surface area contributed by atoms with Crippen molar-refractivity contribution in [2.75, 3.05) is 0 Å². The van der Waals surface area contributed by atoms with Gasteiger partial charge in [0, 0.05) is 11.8 Å². The van der Waals surface area contributed by atoms with Crippen molar-refractivity contribution in [2.24, 2.45) is 11.8 Å². The Morgan fingerprint density at radius 1 is 1.04 bits per heavy atom. The molecule has 0 amide bonds. The van der Waals surface area contributed by atoms with E-state index in [9.17, 15) is 13.2 Å². The molecule has 1 saturated carbocycles. The van der Waals surface area contributed by atoms with Gasteiger partial charge in [-0.15, -0.1) is 0 Å². The van der Waals surface area contributed by atoms with Gasteiger partial charge < -0.3 is 9.47 Å². The van der Waals surface area contributed by atoms with Crippen LogP contribution in [0.15, 0.2) is 41.3 Å². The first-order valence-electron chi connectivity index (χ1n) is 8.63. The molecular weight excluding hydrogens is 356 g/mol. The van der Waals surface area contributed by atoms with Crippen LogP contribution in [0.25, 0.3) is 0 Å². The molecule has 0 heterocycles. The van der Waals surface area contributed by atoms with Crippen LogP contribution < -0.4 is 0 Å². The Bertz CT molecular complexity index is 803. The first-order chi connectivity index (χ1) is 12.0. The summed E-state index contributed by atoms with van der Waals surface area (Å²) in [5.41, 5.74) is 0.271. The molecule has 3 rings (SSSR count). The van der Waals surface area contributed by atoms with Crippen molar-refractivity contribution < 1.29 is 26.9 Å². The summed E-state index contributed by atoms with van der Waals surface area (Å²) in [4.78, 5) is 12.1. The molecule has 6 nitrogen and oxygen atoms in total. The van der Waals surface area contributed by atoms with E-state index in [1.165, 1.54) is 12.1 Å². The van der Waals surface area contributed by atoms with E-state index in [0.29, 0.717) is 6.42 Å². The first-order valence-corrected chi connectivity index (χ1v) is 10.0. The summed E-state index contributed by atoms with van der Waals surface area (Å²) in [6, 6.07) is 6.45. The Balaban J connectivity index is 1.76. The normalized spacial score (nSPS) is 27.5. The van der Waals surface area contributed by atoms with Gasteiger partial charge in [-0.3, -0.25) is 4.18 Å². The Morgan fingerprint density at radius 2 is 1.62 bits per heavy atom. The Labute approximate surface area is 154 Å². The summed E-state index contributed by atoms with van der Waals surface area (Å²) >= 11 is 0. The maximum Gasteiger partial charge on any atom is 0.509 e. The second kappa shape index (κ2) is 6.70. The van der Waals surface area contributed by atoms with Gasteiger partial charge in [-0.05, 0) is 46.2 Å². The minimum atomic E-state index is -3.95. The fraction of sp³-hybridized carbons (Fsp3) is 0.526. The first kappa shape index (κ1) is 18.9. The number of benzene rings is 1. The highest BCUT2D eigenvalue weighted by Crippen LogP contribution is 2.44. The highest BCUT2D eigenvalue weighted by Gasteiger charge is 2.50. The number of aryl methyl sites for hydroxylation is 1. The maximum atomic E-state index is 12.6. The standard InChI is InChI=1S/C19H24O6S/c1-12-5-9-15(10-6-12)26(21,22)25-17-14-8-7-13(11-14)16(17)23-18(20)24-19(2,3)4/h5-10,13-14,16-17H,11H2,1-4H3. The lowest BCUT2D eigenvalue weighted by molar-refractivity contribution is -0.0555. The van der Waals surface area contributed by atoms with Crippen LogP contribution in [0.2, 0.25) is 0 Å². The number of carbonyl (C=O) groups excluding carboxylic acids is 1. The van der Waals surface area contributed by atoms with Crippen molar-refractivity contribution in [3.05, 3.63) is 42.0 Å². The molecule has 2 bridgehead atoms. The molecule has 142 valence electrons. The maximum absolute atomic E-state index is 12.6. The second-order valence-corrected chi connectivity index (χ2v) is 9.40. The van der Waals surface area contributed by atoms with Gasteiger partial charge in [-0.1, -0.05) is 29.8 Å². The quantitative estimate of drug-likeness (QED) is 0.451. The van der Waals surface area contributed by atoms with Gasteiger partial charge in [-0.2, -0.15) is 8.42 Å². The number of carbonyl (C=O) groups is 1. The summed E-state index contributed by atoms with van der Waals surface area (Å²) in [6.45, 7) is 7.10. The molecule has 0 N–H and O–H groups in total. The molecule has 1 fully saturated rings. The molecule has 0 spiro atoms. The van der Waals surface area contributed by atoms with Crippen LogP contribution >= 0.6 is 0 Å². The molecule has 0 radical (unpaired) electrons. The van der Waals surface area contributed by atoms with Gasteiger partial charge in [0.05, 0.1) is 4.90 Å².